The summed E-state index contributed by atoms with van der Waals surface area (Å²) in [6.07, 6.45) is 4.90. The predicted octanol–water partition coefficient (Wildman–Crippen LogP) is 2.81. The molecule has 2 aromatic rings. The fourth-order valence-electron chi connectivity index (χ4n) is 5.23. The van der Waals surface area contributed by atoms with Crippen LogP contribution in [0.25, 0.3) is 0 Å². The molecule has 1 aliphatic heterocycles. The molecule has 0 unspecified atom stereocenters. The Kier molecular flexibility index (Phi) is 5.76. The average Bonchev–Trinajstić information content (AvgIpc) is 3.56. The minimum atomic E-state index is -0.746. The Morgan fingerprint density at radius 3 is 2.34 bits per heavy atom. The highest BCUT2D eigenvalue weighted by Gasteiger charge is 2.59. The molecule has 9 nitrogen and oxygen atoms in total. The second-order valence-electron chi connectivity index (χ2n) is 8.75. The van der Waals surface area contributed by atoms with Crippen molar-refractivity contribution >= 4 is 35.1 Å². The molecule has 0 aromatic heterocycles. The quantitative estimate of drug-likeness (QED) is 0.372. The van der Waals surface area contributed by atoms with Crippen LogP contribution in [0.2, 0.25) is 0 Å². The van der Waals surface area contributed by atoms with Crippen LogP contribution in [-0.2, 0) is 19.1 Å². The zero-order valence-corrected chi connectivity index (χ0v) is 19.2. The third-order valence-corrected chi connectivity index (χ3v) is 6.83. The summed E-state index contributed by atoms with van der Waals surface area (Å²) in [6.45, 7) is -0.529. The van der Waals surface area contributed by atoms with Gasteiger partial charge >= 0.3 is 5.97 Å². The van der Waals surface area contributed by atoms with E-state index >= 15 is 0 Å². The molecule has 4 atom stereocenters. The largest absolute Gasteiger partial charge is 0.497 e. The van der Waals surface area contributed by atoms with Crippen LogP contribution >= 0.6 is 0 Å². The maximum Gasteiger partial charge on any atom is 0.338 e. The molecule has 1 N–H and O–H groups in total. The van der Waals surface area contributed by atoms with Crippen molar-refractivity contribution in [1.82, 2.24) is 0 Å². The zero-order chi connectivity index (χ0) is 24.7. The van der Waals surface area contributed by atoms with Crippen molar-refractivity contribution in [3.63, 3.8) is 0 Å². The van der Waals surface area contributed by atoms with E-state index in [1.807, 2.05) is 12.2 Å². The summed E-state index contributed by atoms with van der Waals surface area (Å²) in [6, 6.07) is 11.0. The first-order valence-electron chi connectivity index (χ1n) is 11.3. The van der Waals surface area contributed by atoms with E-state index in [4.69, 9.17) is 14.2 Å². The molecule has 1 saturated carbocycles. The monoisotopic (exact) mass is 476 g/mol. The number of hydrogen-bond acceptors (Lipinski definition) is 7. The van der Waals surface area contributed by atoms with Crippen LogP contribution in [-0.4, -0.2) is 44.5 Å². The Hall–Kier alpha value is -4.14. The summed E-state index contributed by atoms with van der Waals surface area (Å²) in [7, 11) is 2.98. The van der Waals surface area contributed by atoms with E-state index in [1.54, 1.807) is 30.3 Å². The molecular weight excluding hydrogens is 452 g/mol. The van der Waals surface area contributed by atoms with Gasteiger partial charge in [0, 0.05) is 6.07 Å². The van der Waals surface area contributed by atoms with E-state index in [1.165, 1.54) is 31.3 Å². The number of carbonyl (C=O) groups is 4. The van der Waals surface area contributed by atoms with Gasteiger partial charge < -0.3 is 19.5 Å². The standard InChI is InChI=1S/C26H24N2O7/c1-33-18-8-9-19(20(12-18)34-2)27-21(29)13-35-26(32)16-4-3-5-17(11-16)28-24(30)22-14-6-7-15(10-14)23(22)25(28)31/h3-9,11-12,14-15,22-23H,10,13H2,1-2H3,(H,27,29)/t14-,15-,22+,23+/m0/s1. The third-order valence-electron chi connectivity index (χ3n) is 6.83. The molecule has 0 radical (unpaired) electrons. The molecule has 5 rings (SSSR count). The topological polar surface area (TPSA) is 111 Å². The van der Waals surface area contributed by atoms with Gasteiger partial charge in [-0.25, -0.2) is 9.69 Å². The third kappa shape index (κ3) is 3.92. The maximum absolute atomic E-state index is 13.0. The number of carbonyl (C=O) groups excluding carboxylic acids is 4. The van der Waals surface area contributed by atoms with Crippen molar-refractivity contribution in [3.05, 3.63) is 60.2 Å². The van der Waals surface area contributed by atoms with Crippen molar-refractivity contribution in [2.75, 3.05) is 31.0 Å². The van der Waals surface area contributed by atoms with Crippen molar-refractivity contribution in [3.8, 4) is 11.5 Å². The van der Waals surface area contributed by atoms with Gasteiger partial charge in [-0.15, -0.1) is 0 Å². The number of benzene rings is 2. The lowest BCUT2D eigenvalue weighted by Crippen LogP contribution is -2.33. The molecule has 2 bridgehead atoms. The van der Waals surface area contributed by atoms with Gasteiger partial charge in [0.1, 0.15) is 11.5 Å². The number of amides is 3. The molecule has 9 heteroatoms. The average molecular weight is 476 g/mol. The van der Waals surface area contributed by atoms with Gasteiger partial charge in [-0.05, 0) is 48.6 Å². The van der Waals surface area contributed by atoms with Crippen molar-refractivity contribution < 1.29 is 33.4 Å². The Labute approximate surface area is 201 Å². The van der Waals surface area contributed by atoms with Gasteiger partial charge in [-0.1, -0.05) is 18.2 Å². The summed E-state index contributed by atoms with van der Waals surface area (Å²) in [5, 5.41) is 2.62. The minimum Gasteiger partial charge on any atom is -0.497 e. The van der Waals surface area contributed by atoms with Crippen LogP contribution in [0.5, 0.6) is 11.5 Å². The first-order chi connectivity index (χ1) is 16.9. The first kappa shape index (κ1) is 22.6. The normalized spacial score (nSPS) is 23.9. The van der Waals surface area contributed by atoms with Gasteiger partial charge in [-0.2, -0.15) is 0 Å². The van der Waals surface area contributed by atoms with Gasteiger partial charge in [0.05, 0.1) is 43.0 Å². The van der Waals surface area contributed by atoms with Crippen LogP contribution in [0, 0.1) is 23.7 Å². The predicted molar refractivity (Wildman–Crippen MR) is 125 cm³/mol. The lowest BCUT2D eigenvalue weighted by atomic mass is 9.85. The highest BCUT2D eigenvalue weighted by atomic mass is 16.5. The molecular formula is C26H24N2O7. The van der Waals surface area contributed by atoms with Crippen LogP contribution in [0.15, 0.2) is 54.6 Å². The van der Waals surface area contributed by atoms with Crippen LogP contribution < -0.4 is 19.7 Å². The van der Waals surface area contributed by atoms with Gasteiger partial charge in [-0.3, -0.25) is 14.4 Å². The lowest BCUT2D eigenvalue weighted by molar-refractivity contribution is -0.123. The summed E-state index contributed by atoms with van der Waals surface area (Å²) in [4.78, 5) is 52.2. The van der Waals surface area contributed by atoms with E-state index in [0.717, 1.165) is 6.42 Å². The number of nitrogens with zero attached hydrogens (tertiary/aromatic N) is 1. The highest BCUT2D eigenvalue weighted by Crippen LogP contribution is 2.53. The van der Waals surface area contributed by atoms with E-state index in [0.29, 0.717) is 22.9 Å². The maximum atomic E-state index is 13.0. The number of methoxy groups -OCH3 is 2. The van der Waals surface area contributed by atoms with Gasteiger partial charge in [0.2, 0.25) is 11.8 Å². The Morgan fingerprint density at radius 1 is 0.971 bits per heavy atom. The summed E-state index contributed by atoms with van der Waals surface area (Å²) in [5.74, 6) is -1.25. The number of fused-ring (bicyclic) bond motifs is 5. The summed E-state index contributed by atoms with van der Waals surface area (Å²) in [5.41, 5.74) is 0.864. The fraction of sp³-hybridized carbons (Fsp3) is 0.308. The second kappa shape index (κ2) is 8.90. The van der Waals surface area contributed by atoms with E-state index < -0.39 is 18.5 Å². The smallest absolute Gasteiger partial charge is 0.338 e. The molecule has 3 aliphatic rings. The molecule has 180 valence electrons. The zero-order valence-electron chi connectivity index (χ0n) is 19.2. The van der Waals surface area contributed by atoms with Crippen LogP contribution in [0.4, 0.5) is 11.4 Å². The Balaban J connectivity index is 1.23. The molecule has 2 fully saturated rings. The molecule has 35 heavy (non-hydrogen) atoms. The van der Waals surface area contributed by atoms with Gasteiger partial charge in [0.15, 0.2) is 6.61 Å². The van der Waals surface area contributed by atoms with Crippen molar-refractivity contribution in [2.45, 2.75) is 6.42 Å². The number of anilines is 2. The number of rotatable bonds is 7. The van der Waals surface area contributed by atoms with E-state index in [9.17, 15) is 19.2 Å². The number of ether oxygens (including phenoxy) is 3. The molecule has 2 aromatic carbocycles. The number of imide groups is 1. The van der Waals surface area contributed by atoms with E-state index in [-0.39, 0.29) is 41.0 Å². The van der Waals surface area contributed by atoms with Crippen LogP contribution in [0.3, 0.4) is 0 Å². The Morgan fingerprint density at radius 2 is 1.69 bits per heavy atom. The van der Waals surface area contributed by atoms with Crippen LogP contribution in [0.1, 0.15) is 16.8 Å². The van der Waals surface area contributed by atoms with Gasteiger partial charge in [0.25, 0.3) is 5.91 Å². The summed E-state index contributed by atoms with van der Waals surface area (Å²) < 4.78 is 15.5. The highest BCUT2D eigenvalue weighted by molar-refractivity contribution is 6.23. The van der Waals surface area contributed by atoms with Crippen molar-refractivity contribution in [2.24, 2.45) is 23.7 Å². The SMILES string of the molecule is COc1ccc(NC(=O)COC(=O)c2cccc(N3C(=O)[C@H]4[C@H](C3=O)[C@H]3C=C[C@H]4C3)c2)c(OC)c1. The lowest BCUT2D eigenvalue weighted by Gasteiger charge is -2.18. The first-order valence-corrected chi connectivity index (χ1v) is 11.3. The molecule has 1 saturated heterocycles. The minimum absolute atomic E-state index is 0.0995. The fourth-order valence-corrected chi connectivity index (χ4v) is 5.23. The van der Waals surface area contributed by atoms with Crippen molar-refractivity contribution in [1.29, 1.82) is 0 Å². The molecule has 3 amide bonds. The molecule has 1 heterocycles. The summed E-state index contributed by atoms with van der Waals surface area (Å²) >= 11 is 0. The second-order valence-corrected chi connectivity index (χ2v) is 8.75. The molecule has 2 aliphatic carbocycles. The Bertz CT molecular complexity index is 1220. The van der Waals surface area contributed by atoms with E-state index in [2.05, 4.69) is 5.32 Å². The number of esters is 1. The number of hydrogen-bond donors (Lipinski definition) is 1. The number of nitrogens with one attached hydrogen (secondary N) is 1. The molecule has 0 spiro atoms. The number of allylic oxidation sites excluding steroid dienone is 2.